The molecule has 1 heterocycles. The number of aromatic nitrogens is 2. The summed E-state index contributed by atoms with van der Waals surface area (Å²) >= 11 is 2.11. The van der Waals surface area contributed by atoms with Crippen molar-refractivity contribution in [3.8, 4) is 0 Å². The zero-order valence-electron chi connectivity index (χ0n) is 13.0. The third-order valence-electron chi connectivity index (χ3n) is 5.45. The first-order valence-corrected chi connectivity index (χ1v) is 9.19. The Labute approximate surface area is 131 Å². The minimum Gasteiger partial charge on any atom is -0.338 e. The molecule has 5 rings (SSSR count). The minimum absolute atomic E-state index is 0.533. The number of hydrogen-bond acceptors (Lipinski definition) is 5. The molecule has 116 valence electrons. The second-order valence-electron chi connectivity index (χ2n) is 7.73. The predicted molar refractivity (Wildman–Crippen MR) is 83.9 cm³/mol. The van der Waals surface area contributed by atoms with E-state index in [1.54, 1.807) is 0 Å². The molecule has 0 unspecified atom stereocenters. The molecule has 1 aromatic rings. The molecule has 4 nitrogen and oxygen atoms in total. The van der Waals surface area contributed by atoms with Gasteiger partial charge in [0.2, 0.25) is 5.89 Å². The van der Waals surface area contributed by atoms with E-state index in [-0.39, 0.29) is 0 Å². The van der Waals surface area contributed by atoms with Crippen LogP contribution in [0.25, 0.3) is 0 Å². The Bertz CT molecular complexity index is 478. The molecular formula is C16H25N3OS. The predicted octanol–water partition coefficient (Wildman–Crippen LogP) is 3.33. The molecule has 4 fully saturated rings. The van der Waals surface area contributed by atoms with Gasteiger partial charge in [-0.2, -0.15) is 4.98 Å². The Balaban J connectivity index is 1.39. The zero-order valence-corrected chi connectivity index (χ0v) is 13.9. The van der Waals surface area contributed by atoms with Crippen LogP contribution in [-0.4, -0.2) is 33.9 Å². The van der Waals surface area contributed by atoms with Gasteiger partial charge in [0.05, 0.1) is 12.3 Å². The molecule has 0 saturated heterocycles. The topological polar surface area (TPSA) is 42.2 Å². The van der Waals surface area contributed by atoms with E-state index >= 15 is 0 Å². The van der Waals surface area contributed by atoms with Crippen LogP contribution in [0.4, 0.5) is 0 Å². The number of hydrogen-bond donors (Lipinski definition) is 0. The summed E-state index contributed by atoms with van der Waals surface area (Å²) < 4.78 is 5.95. The highest BCUT2D eigenvalue weighted by molar-refractivity contribution is 7.99. The molecule has 21 heavy (non-hydrogen) atoms. The lowest BCUT2D eigenvalue weighted by Gasteiger charge is -2.56. The van der Waals surface area contributed by atoms with E-state index in [4.69, 9.17) is 4.52 Å². The highest BCUT2D eigenvalue weighted by Gasteiger charge is 2.51. The molecule has 0 N–H and O–H groups in total. The van der Waals surface area contributed by atoms with E-state index in [9.17, 15) is 0 Å². The molecule has 0 atom stereocenters. The Morgan fingerprint density at radius 1 is 1.14 bits per heavy atom. The van der Waals surface area contributed by atoms with Crippen LogP contribution in [0.2, 0.25) is 0 Å². The lowest BCUT2D eigenvalue weighted by atomic mass is 9.56. The van der Waals surface area contributed by atoms with E-state index in [1.807, 2.05) is 14.1 Å². The normalized spacial score (nSPS) is 37.6. The number of nitrogens with zero attached hydrogens (tertiary/aromatic N) is 3. The summed E-state index contributed by atoms with van der Waals surface area (Å²) in [6.45, 7) is 0.755. The molecule has 0 aliphatic heterocycles. The summed E-state index contributed by atoms with van der Waals surface area (Å²) in [6.07, 6.45) is 8.82. The van der Waals surface area contributed by atoms with Crippen LogP contribution in [0.1, 0.15) is 50.2 Å². The quantitative estimate of drug-likeness (QED) is 0.834. The van der Waals surface area contributed by atoms with Crippen molar-refractivity contribution in [2.75, 3.05) is 14.1 Å². The Morgan fingerprint density at radius 3 is 2.33 bits per heavy atom. The van der Waals surface area contributed by atoms with Crippen LogP contribution in [0.3, 0.4) is 0 Å². The van der Waals surface area contributed by atoms with Crippen LogP contribution < -0.4 is 0 Å². The maximum atomic E-state index is 5.42. The molecule has 1 aromatic heterocycles. The molecule has 0 spiro atoms. The van der Waals surface area contributed by atoms with Crippen molar-refractivity contribution in [2.24, 2.45) is 17.8 Å². The fourth-order valence-corrected chi connectivity index (χ4v) is 6.73. The third-order valence-corrected chi connectivity index (χ3v) is 6.96. The Morgan fingerprint density at radius 2 is 1.76 bits per heavy atom. The molecule has 5 heteroatoms. The van der Waals surface area contributed by atoms with Gasteiger partial charge in [0.1, 0.15) is 0 Å². The standard InChI is InChI=1S/C16H25N3OS/c1-19(2)9-14-17-15(20-18-14)10-21-16-6-11-3-12(7-16)5-13(4-11)8-16/h11-13H,3-10H2,1-2H3. The molecule has 4 bridgehead atoms. The van der Waals surface area contributed by atoms with E-state index < -0.39 is 0 Å². The van der Waals surface area contributed by atoms with Gasteiger partial charge in [-0.25, -0.2) is 0 Å². The van der Waals surface area contributed by atoms with Gasteiger partial charge in [-0.1, -0.05) is 5.16 Å². The maximum Gasteiger partial charge on any atom is 0.236 e. The second-order valence-corrected chi connectivity index (χ2v) is 9.17. The average Bonchev–Trinajstić information content (AvgIpc) is 2.82. The first-order chi connectivity index (χ1) is 10.1. The van der Waals surface area contributed by atoms with E-state index in [0.29, 0.717) is 4.75 Å². The van der Waals surface area contributed by atoms with Crippen molar-refractivity contribution in [1.29, 1.82) is 0 Å². The molecular weight excluding hydrogens is 282 g/mol. The van der Waals surface area contributed by atoms with E-state index in [2.05, 4.69) is 26.8 Å². The average molecular weight is 307 g/mol. The molecule has 4 aliphatic carbocycles. The van der Waals surface area contributed by atoms with Gasteiger partial charge in [-0.15, -0.1) is 11.8 Å². The van der Waals surface area contributed by atoms with Crippen molar-refractivity contribution in [3.63, 3.8) is 0 Å². The smallest absolute Gasteiger partial charge is 0.236 e. The van der Waals surface area contributed by atoms with Gasteiger partial charge in [-0.05, 0) is 70.4 Å². The third kappa shape index (κ3) is 2.87. The van der Waals surface area contributed by atoms with Gasteiger partial charge in [0.15, 0.2) is 5.82 Å². The molecule has 4 saturated carbocycles. The zero-order chi connectivity index (χ0) is 14.4. The Kier molecular flexibility index (Phi) is 3.53. The fourth-order valence-electron chi connectivity index (χ4n) is 5.12. The van der Waals surface area contributed by atoms with Crippen LogP contribution >= 0.6 is 11.8 Å². The van der Waals surface area contributed by atoms with Crippen LogP contribution in [0.15, 0.2) is 4.52 Å². The summed E-state index contributed by atoms with van der Waals surface area (Å²) in [7, 11) is 4.06. The summed E-state index contributed by atoms with van der Waals surface area (Å²) in [5.41, 5.74) is 0. The minimum atomic E-state index is 0.533. The highest BCUT2D eigenvalue weighted by atomic mass is 32.2. The first kappa shape index (κ1) is 14.1. The van der Waals surface area contributed by atoms with Crippen molar-refractivity contribution in [1.82, 2.24) is 15.0 Å². The summed E-state index contributed by atoms with van der Waals surface area (Å²) in [4.78, 5) is 6.60. The van der Waals surface area contributed by atoms with Crippen LogP contribution in [0, 0.1) is 17.8 Å². The monoisotopic (exact) mass is 307 g/mol. The SMILES string of the molecule is CN(C)Cc1noc(CSC23CC4CC(CC(C4)C2)C3)n1. The van der Waals surface area contributed by atoms with Gasteiger partial charge in [-0.3, -0.25) is 0 Å². The maximum absolute atomic E-state index is 5.42. The van der Waals surface area contributed by atoms with E-state index in [0.717, 1.165) is 41.8 Å². The van der Waals surface area contributed by atoms with E-state index in [1.165, 1.54) is 38.5 Å². The van der Waals surface area contributed by atoms with Gasteiger partial charge >= 0.3 is 0 Å². The van der Waals surface area contributed by atoms with Crippen molar-refractivity contribution in [3.05, 3.63) is 11.7 Å². The fraction of sp³-hybridized carbons (Fsp3) is 0.875. The first-order valence-electron chi connectivity index (χ1n) is 8.20. The lowest BCUT2D eigenvalue weighted by Crippen LogP contribution is -2.48. The van der Waals surface area contributed by atoms with Crippen molar-refractivity contribution < 1.29 is 4.52 Å². The lowest BCUT2D eigenvalue weighted by molar-refractivity contribution is 0.0382. The van der Waals surface area contributed by atoms with Crippen molar-refractivity contribution in [2.45, 2.75) is 55.6 Å². The second kappa shape index (κ2) is 5.27. The molecule has 0 radical (unpaired) electrons. The van der Waals surface area contributed by atoms with Crippen LogP contribution in [-0.2, 0) is 12.3 Å². The molecule has 0 amide bonds. The summed E-state index contributed by atoms with van der Waals surface area (Å²) in [5.74, 6) is 5.54. The van der Waals surface area contributed by atoms with Gasteiger partial charge in [0.25, 0.3) is 0 Å². The number of rotatable bonds is 5. The van der Waals surface area contributed by atoms with Crippen LogP contribution in [0.5, 0.6) is 0 Å². The molecule has 0 aromatic carbocycles. The number of thioether (sulfide) groups is 1. The largest absolute Gasteiger partial charge is 0.338 e. The van der Waals surface area contributed by atoms with Gasteiger partial charge in [0, 0.05) is 4.75 Å². The summed E-state index contributed by atoms with van der Waals surface area (Å²) in [6, 6.07) is 0. The summed E-state index contributed by atoms with van der Waals surface area (Å²) in [5, 5.41) is 4.08. The van der Waals surface area contributed by atoms with Gasteiger partial charge < -0.3 is 9.42 Å². The Hall–Kier alpha value is -0.550. The van der Waals surface area contributed by atoms with Crippen molar-refractivity contribution >= 4 is 11.8 Å². The highest BCUT2D eigenvalue weighted by Crippen LogP contribution is 2.60. The molecule has 4 aliphatic rings.